The van der Waals surface area contributed by atoms with Crippen LogP contribution in [-0.4, -0.2) is 45.2 Å². The first-order valence-electron chi connectivity index (χ1n) is 6.82. The van der Waals surface area contributed by atoms with Crippen LogP contribution in [0.3, 0.4) is 0 Å². The van der Waals surface area contributed by atoms with E-state index in [1.807, 2.05) is 37.3 Å². The van der Waals surface area contributed by atoms with Gasteiger partial charge in [-0.25, -0.2) is 9.78 Å². The largest absolute Gasteiger partial charge is 0.324 e. The van der Waals surface area contributed by atoms with Crippen molar-refractivity contribution in [2.75, 3.05) is 24.4 Å². The van der Waals surface area contributed by atoms with Crippen molar-refractivity contribution in [3.63, 3.8) is 0 Å². The summed E-state index contributed by atoms with van der Waals surface area (Å²) >= 11 is 1.43. The van der Waals surface area contributed by atoms with Crippen LogP contribution in [0.5, 0.6) is 0 Å². The Morgan fingerprint density at radius 2 is 2.09 bits per heavy atom. The van der Waals surface area contributed by atoms with Crippen molar-refractivity contribution in [3.05, 3.63) is 36.5 Å². The molecule has 1 aromatic heterocycles. The number of aromatic nitrogens is 1. The van der Waals surface area contributed by atoms with Gasteiger partial charge in [0, 0.05) is 42.1 Å². The summed E-state index contributed by atoms with van der Waals surface area (Å²) in [7, 11) is 0.758. The maximum Gasteiger partial charge on any atom is 0.323 e. The van der Waals surface area contributed by atoms with E-state index in [1.165, 1.54) is 11.3 Å². The first kappa shape index (κ1) is 16.6. The molecule has 0 aliphatic heterocycles. The van der Waals surface area contributed by atoms with E-state index in [4.69, 9.17) is 0 Å². The summed E-state index contributed by atoms with van der Waals surface area (Å²) < 4.78 is 11.2. The Labute approximate surface area is 136 Å². The Kier molecular flexibility index (Phi) is 5.68. The molecule has 5 nitrogen and oxygen atoms in total. The lowest BCUT2D eigenvalue weighted by molar-refractivity contribution is 0.212. The molecule has 7 heteroatoms. The molecule has 1 N–H and O–H groups in total. The number of amides is 2. The fourth-order valence-electron chi connectivity index (χ4n) is 1.90. The summed E-state index contributed by atoms with van der Waals surface area (Å²) in [6, 6.07) is 9.56. The number of urea groups is 1. The quantitative estimate of drug-likeness (QED) is 0.912. The zero-order valence-electron chi connectivity index (χ0n) is 12.8. The fraction of sp³-hybridized carbons (Fsp3) is 0.333. The highest BCUT2D eigenvalue weighted by atomic mass is 32.2. The lowest BCUT2D eigenvalue weighted by atomic mass is 10.2. The van der Waals surface area contributed by atoms with Crippen molar-refractivity contribution >= 4 is 33.3 Å². The van der Waals surface area contributed by atoms with Crippen molar-refractivity contribution in [2.45, 2.75) is 13.0 Å². The van der Waals surface area contributed by atoms with E-state index in [0.717, 1.165) is 10.4 Å². The van der Waals surface area contributed by atoms with Gasteiger partial charge in [-0.1, -0.05) is 41.7 Å². The smallest absolute Gasteiger partial charge is 0.323 e. The number of benzene rings is 1. The van der Waals surface area contributed by atoms with Crippen LogP contribution >= 0.6 is 11.3 Å². The Bertz CT molecular complexity index is 658. The number of nitrogens with one attached hydrogen (secondary N) is 1. The number of rotatable bonds is 5. The van der Waals surface area contributed by atoms with Crippen molar-refractivity contribution in [3.8, 4) is 10.4 Å². The Morgan fingerprint density at radius 1 is 1.41 bits per heavy atom. The van der Waals surface area contributed by atoms with Gasteiger partial charge >= 0.3 is 6.03 Å². The molecule has 0 aliphatic carbocycles. The monoisotopic (exact) mass is 337 g/mol. The Hall–Kier alpha value is -1.73. The molecule has 0 unspecified atom stereocenters. The first-order chi connectivity index (χ1) is 10.5. The van der Waals surface area contributed by atoms with E-state index < -0.39 is 10.8 Å². The predicted octanol–water partition coefficient (Wildman–Crippen LogP) is 3.04. The molecule has 0 aliphatic rings. The van der Waals surface area contributed by atoms with Crippen LogP contribution in [0.4, 0.5) is 9.93 Å². The maximum absolute atomic E-state index is 12.2. The summed E-state index contributed by atoms with van der Waals surface area (Å²) in [5.41, 5.74) is 1.07. The van der Waals surface area contributed by atoms with Gasteiger partial charge in [-0.3, -0.25) is 9.53 Å². The number of carbonyl (C=O) groups is 1. The molecule has 2 amide bonds. The Balaban J connectivity index is 2.01. The summed E-state index contributed by atoms with van der Waals surface area (Å²) in [4.78, 5) is 18.9. The SMILES string of the molecule is C[C@@H](C[S@](C)=O)N(C)C(=O)Nc1ncc(-c2ccccc2)s1. The van der Waals surface area contributed by atoms with E-state index in [0.29, 0.717) is 10.9 Å². The molecular weight excluding hydrogens is 318 g/mol. The van der Waals surface area contributed by atoms with Gasteiger partial charge in [-0.05, 0) is 12.5 Å². The van der Waals surface area contributed by atoms with Crippen LogP contribution < -0.4 is 5.32 Å². The van der Waals surface area contributed by atoms with Crippen LogP contribution in [0, 0.1) is 0 Å². The topological polar surface area (TPSA) is 62.3 Å². The maximum atomic E-state index is 12.2. The number of nitrogens with zero attached hydrogens (tertiary/aromatic N) is 2. The lowest BCUT2D eigenvalue weighted by Gasteiger charge is -2.23. The van der Waals surface area contributed by atoms with E-state index in [9.17, 15) is 9.00 Å². The highest BCUT2D eigenvalue weighted by molar-refractivity contribution is 7.84. The number of carbonyl (C=O) groups excluding carboxylic acids is 1. The number of hydrogen-bond donors (Lipinski definition) is 1. The lowest BCUT2D eigenvalue weighted by Crippen LogP contribution is -2.40. The highest BCUT2D eigenvalue weighted by Crippen LogP contribution is 2.28. The van der Waals surface area contributed by atoms with Gasteiger partial charge in [-0.15, -0.1) is 0 Å². The van der Waals surface area contributed by atoms with E-state index in [-0.39, 0.29) is 12.1 Å². The van der Waals surface area contributed by atoms with E-state index in [2.05, 4.69) is 10.3 Å². The van der Waals surface area contributed by atoms with Gasteiger partial charge < -0.3 is 4.90 Å². The zero-order chi connectivity index (χ0) is 16.1. The van der Waals surface area contributed by atoms with Gasteiger partial charge in [0.15, 0.2) is 5.13 Å². The third-order valence-electron chi connectivity index (χ3n) is 3.24. The Morgan fingerprint density at radius 3 is 2.73 bits per heavy atom. The molecule has 0 radical (unpaired) electrons. The molecule has 0 saturated carbocycles. The molecule has 2 atom stereocenters. The third kappa shape index (κ3) is 4.38. The van der Waals surface area contributed by atoms with Crippen LogP contribution in [0.2, 0.25) is 0 Å². The highest BCUT2D eigenvalue weighted by Gasteiger charge is 2.18. The molecule has 0 bridgehead atoms. The van der Waals surface area contributed by atoms with Crippen LogP contribution in [0.1, 0.15) is 6.92 Å². The minimum atomic E-state index is -0.935. The van der Waals surface area contributed by atoms with Crippen LogP contribution in [-0.2, 0) is 10.8 Å². The number of hydrogen-bond acceptors (Lipinski definition) is 4. The molecular formula is C15H19N3O2S2. The molecule has 0 spiro atoms. The van der Waals surface area contributed by atoms with Gasteiger partial charge in [0.25, 0.3) is 0 Å². The predicted molar refractivity (Wildman–Crippen MR) is 92.7 cm³/mol. The molecule has 2 aromatic rings. The molecule has 118 valence electrons. The van der Waals surface area contributed by atoms with E-state index in [1.54, 1.807) is 24.4 Å². The second-order valence-corrected chi connectivity index (χ2v) is 7.54. The summed E-state index contributed by atoms with van der Waals surface area (Å²) in [5, 5.41) is 3.34. The second kappa shape index (κ2) is 7.51. The van der Waals surface area contributed by atoms with Gasteiger partial charge in [0.1, 0.15) is 0 Å². The van der Waals surface area contributed by atoms with Crippen molar-refractivity contribution < 1.29 is 9.00 Å². The van der Waals surface area contributed by atoms with Crippen LogP contribution in [0.15, 0.2) is 36.5 Å². The van der Waals surface area contributed by atoms with Gasteiger partial charge in [-0.2, -0.15) is 0 Å². The average Bonchev–Trinajstić information content (AvgIpc) is 2.95. The van der Waals surface area contributed by atoms with Crippen LogP contribution in [0.25, 0.3) is 10.4 Å². The first-order valence-corrected chi connectivity index (χ1v) is 9.37. The molecule has 1 aromatic carbocycles. The molecule has 22 heavy (non-hydrogen) atoms. The van der Waals surface area contributed by atoms with Gasteiger partial charge in [0.05, 0.1) is 4.88 Å². The molecule has 0 fully saturated rings. The standard InChI is InChI=1S/C15H19N3O2S2/c1-11(10-22(3)20)18(2)15(19)17-14-16-9-13(21-14)12-7-5-4-6-8-12/h4-9,11H,10H2,1-3H3,(H,16,17,19)/t11-,22-/m0/s1. The minimum Gasteiger partial charge on any atom is -0.324 e. The van der Waals surface area contributed by atoms with Crippen molar-refractivity contribution in [2.24, 2.45) is 0 Å². The number of thiazole rings is 1. The van der Waals surface area contributed by atoms with Crippen molar-refractivity contribution in [1.29, 1.82) is 0 Å². The van der Waals surface area contributed by atoms with Gasteiger partial charge in [0.2, 0.25) is 0 Å². The molecule has 0 saturated heterocycles. The molecule has 1 heterocycles. The normalized spacial score (nSPS) is 13.4. The number of anilines is 1. The second-order valence-electron chi connectivity index (χ2n) is 5.03. The third-order valence-corrected chi connectivity index (χ3v) is 5.15. The van der Waals surface area contributed by atoms with Crippen molar-refractivity contribution in [1.82, 2.24) is 9.88 Å². The minimum absolute atomic E-state index is 0.0978. The van der Waals surface area contributed by atoms with E-state index >= 15 is 0 Å². The summed E-state index contributed by atoms with van der Waals surface area (Å²) in [6.07, 6.45) is 3.38. The fourth-order valence-corrected chi connectivity index (χ4v) is 3.61. The molecule has 2 rings (SSSR count). The average molecular weight is 337 g/mol. The summed E-state index contributed by atoms with van der Waals surface area (Å²) in [5.74, 6) is 0.455. The zero-order valence-corrected chi connectivity index (χ0v) is 14.4. The summed E-state index contributed by atoms with van der Waals surface area (Å²) in [6.45, 7) is 1.87.